The zero-order valence-corrected chi connectivity index (χ0v) is 15.5. The number of carbonyl (C=O) groups is 1. The summed E-state index contributed by atoms with van der Waals surface area (Å²) in [5.74, 6) is -1.36. The van der Waals surface area contributed by atoms with E-state index in [9.17, 15) is 9.90 Å². The second-order valence-electron chi connectivity index (χ2n) is 6.35. The lowest BCUT2D eigenvalue weighted by molar-refractivity contribution is -0.141. The van der Waals surface area contributed by atoms with Gasteiger partial charge in [0.05, 0.1) is 29.3 Å². The van der Waals surface area contributed by atoms with Gasteiger partial charge in [-0.3, -0.25) is 4.79 Å². The molecule has 1 atom stereocenters. The molecule has 0 saturated carbocycles. The van der Waals surface area contributed by atoms with Crippen LogP contribution in [0.25, 0.3) is 22.3 Å². The first kappa shape index (κ1) is 18.4. The Balaban J connectivity index is 2.18. The second kappa shape index (κ2) is 7.89. The van der Waals surface area contributed by atoms with E-state index >= 15 is 0 Å². The van der Waals surface area contributed by atoms with Crippen molar-refractivity contribution in [3.63, 3.8) is 0 Å². The quantitative estimate of drug-likeness (QED) is 0.605. The van der Waals surface area contributed by atoms with Crippen molar-refractivity contribution in [3.8, 4) is 11.3 Å². The van der Waals surface area contributed by atoms with Crippen LogP contribution < -0.4 is 0 Å². The third-order valence-corrected chi connectivity index (χ3v) is 4.71. The van der Waals surface area contributed by atoms with Gasteiger partial charge in [-0.15, -0.1) is 0 Å². The Morgan fingerprint density at radius 2 is 2.08 bits per heavy atom. The standard InChI is InChI=1S/C20H21ClN2O3/c1-12(20(24)25)11-15-18(22-16-7-8-17(21)23-19(15)16)14-6-4-3-5-13(14)9-10-26-2/h3-8,12,22H,9-11H2,1-2H3,(H,24,25). The van der Waals surface area contributed by atoms with Crippen LogP contribution in [0.1, 0.15) is 18.1 Å². The minimum atomic E-state index is -0.833. The number of halogens is 1. The maximum Gasteiger partial charge on any atom is 0.306 e. The van der Waals surface area contributed by atoms with E-state index in [1.165, 1.54) is 0 Å². The number of carboxylic acid groups (broad SMARTS) is 1. The third kappa shape index (κ3) is 3.74. The number of aromatic nitrogens is 2. The number of ether oxygens (including phenoxy) is 1. The number of pyridine rings is 1. The predicted octanol–water partition coefficient (Wildman–Crippen LogP) is 4.34. The average Bonchev–Trinajstić information content (AvgIpc) is 2.97. The molecule has 26 heavy (non-hydrogen) atoms. The number of methoxy groups -OCH3 is 1. The lowest BCUT2D eigenvalue weighted by Gasteiger charge is -2.12. The van der Waals surface area contributed by atoms with Crippen molar-refractivity contribution in [2.75, 3.05) is 13.7 Å². The molecule has 0 aliphatic carbocycles. The van der Waals surface area contributed by atoms with Crippen molar-refractivity contribution < 1.29 is 14.6 Å². The lowest BCUT2D eigenvalue weighted by atomic mass is 9.94. The highest BCUT2D eigenvalue weighted by Crippen LogP contribution is 2.34. The number of nitrogens with zero attached hydrogens (tertiary/aromatic N) is 1. The number of hydrogen-bond acceptors (Lipinski definition) is 3. The number of benzene rings is 1. The number of fused-ring (bicyclic) bond motifs is 1. The Kier molecular flexibility index (Phi) is 5.59. The summed E-state index contributed by atoms with van der Waals surface area (Å²) in [6.45, 7) is 2.31. The van der Waals surface area contributed by atoms with Gasteiger partial charge in [0.1, 0.15) is 5.15 Å². The number of rotatable bonds is 7. The highest BCUT2D eigenvalue weighted by atomic mass is 35.5. The van der Waals surface area contributed by atoms with E-state index in [0.29, 0.717) is 18.2 Å². The molecular weight excluding hydrogens is 352 g/mol. The first-order chi connectivity index (χ1) is 12.5. The molecule has 1 aromatic carbocycles. The molecular formula is C20H21ClN2O3. The van der Waals surface area contributed by atoms with Crippen LogP contribution in [0.2, 0.25) is 5.15 Å². The summed E-state index contributed by atoms with van der Waals surface area (Å²) in [4.78, 5) is 19.3. The van der Waals surface area contributed by atoms with Crippen LogP contribution in [0, 0.1) is 5.92 Å². The van der Waals surface area contributed by atoms with Gasteiger partial charge in [0, 0.05) is 18.2 Å². The second-order valence-corrected chi connectivity index (χ2v) is 6.74. The van der Waals surface area contributed by atoms with Crippen molar-refractivity contribution in [1.82, 2.24) is 9.97 Å². The van der Waals surface area contributed by atoms with E-state index in [-0.39, 0.29) is 0 Å². The van der Waals surface area contributed by atoms with Crippen LogP contribution in [0.5, 0.6) is 0 Å². The molecule has 0 radical (unpaired) electrons. The van der Waals surface area contributed by atoms with E-state index in [2.05, 4.69) is 16.0 Å². The monoisotopic (exact) mass is 372 g/mol. The molecule has 0 aliphatic heterocycles. The fourth-order valence-electron chi connectivity index (χ4n) is 3.11. The molecule has 3 rings (SSSR count). The van der Waals surface area contributed by atoms with Gasteiger partial charge in [0.2, 0.25) is 0 Å². The third-order valence-electron chi connectivity index (χ3n) is 4.50. The molecule has 6 heteroatoms. The van der Waals surface area contributed by atoms with E-state index in [0.717, 1.165) is 39.8 Å². The molecule has 5 nitrogen and oxygen atoms in total. The van der Waals surface area contributed by atoms with E-state index < -0.39 is 11.9 Å². The zero-order valence-electron chi connectivity index (χ0n) is 14.8. The van der Waals surface area contributed by atoms with E-state index in [1.54, 1.807) is 20.1 Å². The van der Waals surface area contributed by atoms with E-state index in [1.807, 2.05) is 24.3 Å². The number of carboxylic acids is 1. The fourth-order valence-corrected chi connectivity index (χ4v) is 3.26. The van der Waals surface area contributed by atoms with Crippen LogP contribution in [-0.2, 0) is 22.4 Å². The van der Waals surface area contributed by atoms with Crippen LogP contribution in [0.3, 0.4) is 0 Å². The van der Waals surface area contributed by atoms with Gasteiger partial charge in [0.15, 0.2) is 0 Å². The van der Waals surface area contributed by atoms with E-state index in [4.69, 9.17) is 16.3 Å². The normalized spacial score (nSPS) is 12.4. The summed E-state index contributed by atoms with van der Waals surface area (Å²) in [6, 6.07) is 11.7. The Morgan fingerprint density at radius 3 is 2.81 bits per heavy atom. The highest BCUT2D eigenvalue weighted by molar-refractivity contribution is 6.29. The molecule has 0 spiro atoms. The SMILES string of the molecule is COCCc1ccccc1-c1[nH]c2ccc(Cl)nc2c1CC(C)C(=O)O. The smallest absolute Gasteiger partial charge is 0.306 e. The predicted molar refractivity (Wildman–Crippen MR) is 103 cm³/mol. The van der Waals surface area contributed by atoms with Gasteiger partial charge in [-0.1, -0.05) is 42.8 Å². The van der Waals surface area contributed by atoms with Crippen LogP contribution in [0.4, 0.5) is 0 Å². The molecule has 136 valence electrons. The topological polar surface area (TPSA) is 75.2 Å². The maximum atomic E-state index is 11.4. The zero-order chi connectivity index (χ0) is 18.7. The summed E-state index contributed by atoms with van der Waals surface area (Å²) in [5, 5.41) is 9.76. The minimum Gasteiger partial charge on any atom is -0.481 e. The van der Waals surface area contributed by atoms with Gasteiger partial charge in [0.25, 0.3) is 0 Å². The average molecular weight is 373 g/mol. The number of hydrogen-bond donors (Lipinski definition) is 2. The summed E-state index contributed by atoms with van der Waals surface area (Å²) in [6.07, 6.45) is 1.14. The first-order valence-electron chi connectivity index (χ1n) is 8.48. The van der Waals surface area contributed by atoms with Crippen LogP contribution >= 0.6 is 11.6 Å². The summed E-state index contributed by atoms with van der Waals surface area (Å²) in [7, 11) is 1.68. The molecule has 2 N–H and O–H groups in total. The van der Waals surface area contributed by atoms with Crippen molar-refractivity contribution >= 4 is 28.6 Å². The number of aromatic amines is 1. The fraction of sp³-hybridized carbons (Fsp3) is 0.300. The van der Waals surface area contributed by atoms with Crippen molar-refractivity contribution in [3.05, 3.63) is 52.7 Å². The van der Waals surface area contributed by atoms with Crippen molar-refractivity contribution in [2.45, 2.75) is 19.8 Å². The molecule has 0 aliphatic rings. The summed E-state index contributed by atoms with van der Waals surface area (Å²) in [5.41, 5.74) is 5.51. The molecule has 0 fully saturated rings. The summed E-state index contributed by atoms with van der Waals surface area (Å²) >= 11 is 6.09. The molecule has 1 unspecified atom stereocenters. The molecule has 0 bridgehead atoms. The van der Waals surface area contributed by atoms with Gasteiger partial charge >= 0.3 is 5.97 Å². The molecule has 2 aromatic heterocycles. The van der Waals surface area contributed by atoms with Crippen LogP contribution in [0.15, 0.2) is 36.4 Å². The first-order valence-corrected chi connectivity index (χ1v) is 8.86. The Labute approximate surface area is 157 Å². The highest BCUT2D eigenvalue weighted by Gasteiger charge is 2.21. The Morgan fingerprint density at radius 1 is 1.31 bits per heavy atom. The largest absolute Gasteiger partial charge is 0.481 e. The number of aliphatic carboxylic acids is 1. The van der Waals surface area contributed by atoms with Gasteiger partial charge in [-0.2, -0.15) is 0 Å². The van der Waals surface area contributed by atoms with Gasteiger partial charge in [-0.25, -0.2) is 4.98 Å². The molecule has 0 saturated heterocycles. The van der Waals surface area contributed by atoms with Crippen molar-refractivity contribution in [1.29, 1.82) is 0 Å². The Hall–Kier alpha value is -2.37. The number of nitrogens with one attached hydrogen (secondary N) is 1. The Bertz CT molecular complexity index is 936. The maximum absolute atomic E-state index is 11.4. The molecule has 3 aromatic rings. The van der Waals surface area contributed by atoms with Gasteiger partial charge < -0.3 is 14.8 Å². The van der Waals surface area contributed by atoms with Crippen molar-refractivity contribution in [2.24, 2.45) is 5.92 Å². The lowest BCUT2D eigenvalue weighted by Crippen LogP contribution is -2.13. The van der Waals surface area contributed by atoms with Gasteiger partial charge in [-0.05, 0) is 30.5 Å². The van der Waals surface area contributed by atoms with Crippen LogP contribution in [-0.4, -0.2) is 34.8 Å². The summed E-state index contributed by atoms with van der Waals surface area (Å²) < 4.78 is 5.22. The minimum absolute atomic E-state index is 0.372. The molecule has 2 heterocycles. The molecule has 0 amide bonds. The number of H-pyrrole nitrogens is 1.